The van der Waals surface area contributed by atoms with Crippen LogP contribution in [0, 0.1) is 5.82 Å². The van der Waals surface area contributed by atoms with E-state index in [2.05, 4.69) is 5.32 Å². The molecule has 1 aromatic rings. The molecule has 2 heterocycles. The number of carbonyl (C=O) groups is 3. The van der Waals surface area contributed by atoms with Crippen molar-refractivity contribution in [1.29, 1.82) is 0 Å². The van der Waals surface area contributed by atoms with Crippen molar-refractivity contribution in [3.05, 3.63) is 58.2 Å². The molecular formula is C20H19FN2O4. The SMILES string of the molecule is COC(=O)C1=C2C(=O)NCCN2C2=C(C(=O)CCC2)C1c1ccc(F)cc1. The lowest BCUT2D eigenvalue weighted by atomic mass is 9.74. The molecule has 6 nitrogen and oxygen atoms in total. The Morgan fingerprint density at radius 2 is 1.96 bits per heavy atom. The molecule has 1 N–H and O–H groups in total. The highest BCUT2D eigenvalue weighted by molar-refractivity contribution is 6.09. The molecule has 7 heteroatoms. The summed E-state index contributed by atoms with van der Waals surface area (Å²) in [7, 11) is 1.25. The fourth-order valence-electron chi connectivity index (χ4n) is 4.19. The molecule has 0 spiro atoms. The summed E-state index contributed by atoms with van der Waals surface area (Å²) in [5.74, 6) is -2.22. The smallest absolute Gasteiger partial charge is 0.337 e. The average Bonchev–Trinajstić information content (AvgIpc) is 2.68. The van der Waals surface area contributed by atoms with Gasteiger partial charge in [0.15, 0.2) is 5.78 Å². The second-order valence-electron chi connectivity index (χ2n) is 6.78. The van der Waals surface area contributed by atoms with Crippen molar-refractivity contribution < 1.29 is 23.5 Å². The largest absolute Gasteiger partial charge is 0.466 e. The number of benzene rings is 1. The molecule has 0 aromatic heterocycles. The molecule has 0 saturated carbocycles. The lowest BCUT2D eigenvalue weighted by Crippen LogP contribution is -2.50. The Morgan fingerprint density at radius 1 is 1.22 bits per heavy atom. The molecule has 0 bridgehead atoms. The number of amides is 1. The van der Waals surface area contributed by atoms with E-state index < -0.39 is 17.7 Å². The number of nitrogens with zero attached hydrogens (tertiary/aromatic N) is 1. The fourth-order valence-corrected chi connectivity index (χ4v) is 4.19. The Kier molecular flexibility index (Phi) is 4.30. The van der Waals surface area contributed by atoms with Gasteiger partial charge in [-0.15, -0.1) is 0 Å². The van der Waals surface area contributed by atoms with Gasteiger partial charge in [0.2, 0.25) is 0 Å². The van der Waals surface area contributed by atoms with Gasteiger partial charge < -0.3 is 15.0 Å². The van der Waals surface area contributed by atoms with Crippen molar-refractivity contribution in [2.75, 3.05) is 20.2 Å². The summed E-state index contributed by atoms with van der Waals surface area (Å²) in [4.78, 5) is 40.0. The van der Waals surface area contributed by atoms with Gasteiger partial charge in [0.25, 0.3) is 5.91 Å². The van der Waals surface area contributed by atoms with E-state index in [-0.39, 0.29) is 23.0 Å². The van der Waals surface area contributed by atoms with Crippen molar-refractivity contribution in [3.63, 3.8) is 0 Å². The van der Waals surface area contributed by atoms with E-state index in [1.54, 1.807) is 17.0 Å². The predicted octanol–water partition coefficient (Wildman–Crippen LogP) is 1.79. The highest BCUT2D eigenvalue weighted by Gasteiger charge is 2.45. The Bertz CT molecular complexity index is 901. The minimum Gasteiger partial charge on any atom is -0.466 e. The van der Waals surface area contributed by atoms with Gasteiger partial charge in [-0.05, 0) is 30.5 Å². The summed E-state index contributed by atoms with van der Waals surface area (Å²) in [5.41, 5.74) is 2.26. The number of esters is 1. The molecule has 1 fully saturated rings. The van der Waals surface area contributed by atoms with Crippen LogP contribution in [0.4, 0.5) is 4.39 Å². The summed E-state index contributed by atoms with van der Waals surface area (Å²) in [6.07, 6.45) is 1.75. The fraction of sp³-hybridized carbons (Fsp3) is 0.350. The van der Waals surface area contributed by atoms with Gasteiger partial charge in [0.05, 0.1) is 12.7 Å². The summed E-state index contributed by atoms with van der Waals surface area (Å²) in [6, 6.07) is 5.67. The van der Waals surface area contributed by atoms with Gasteiger partial charge in [-0.1, -0.05) is 12.1 Å². The van der Waals surface area contributed by atoms with Crippen LogP contribution in [-0.4, -0.2) is 42.8 Å². The van der Waals surface area contributed by atoms with Crippen molar-refractivity contribution in [1.82, 2.24) is 10.2 Å². The molecule has 27 heavy (non-hydrogen) atoms. The normalized spacial score (nSPS) is 22.3. The zero-order valence-corrected chi connectivity index (χ0v) is 14.9. The molecule has 1 unspecified atom stereocenters. The zero-order chi connectivity index (χ0) is 19.1. The van der Waals surface area contributed by atoms with E-state index in [0.29, 0.717) is 43.5 Å². The second-order valence-corrected chi connectivity index (χ2v) is 6.78. The van der Waals surface area contributed by atoms with Crippen LogP contribution in [0.2, 0.25) is 0 Å². The van der Waals surface area contributed by atoms with E-state index in [9.17, 15) is 18.8 Å². The summed E-state index contributed by atoms with van der Waals surface area (Å²) < 4.78 is 18.4. The average molecular weight is 370 g/mol. The van der Waals surface area contributed by atoms with Gasteiger partial charge in [0, 0.05) is 36.7 Å². The first-order valence-corrected chi connectivity index (χ1v) is 8.93. The monoisotopic (exact) mass is 370 g/mol. The zero-order valence-electron chi connectivity index (χ0n) is 14.9. The van der Waals surface area contributed by atoms with E-state index in [1.165, 1.54) is 19.2 Å². The number of fused-ring (bicyclic) bond motifs is 2. The number of ketones is 1. The topological polar surface area (TPSA) is 75.7 Å². The second kappa shape index (κ2) is 6.64. The first-order chi connectivity index (χ1) is 13.0. The van der Waals surface area contributed by atoms with Gasteiger partial charge >= 0.3 is 5.97 Å². The van der Waals surface area contributed by atoms with E-state index in [1.807, 2.05) is 0 Å². The number of methoxy groups -OCH3 is 1. The highest BCUT2D eigenvalue weighted by atomic mass is 19.1. The van der Waals surface area contributed by atoms with Crippen molar-refractivity contribution in [2.24, 2.45) is 0 Å². The van der Waals surface area contributed by atoms with Gasteiger partial charge in [-0.3, -0.25) is 9.59 Å². The van der Waals surface area contributed by atoms with Crippen LogP contribution in [0.5, 0.6) is 0 Å². The maximum atomic E-state index is 13.5. The first kappa shape index (κ1) is 17.5. The van der Waals surface area contributed by atoms with Gasteiger partial charge in [0.1, 0.15) is 11.5 Å². The number of hydrogen-bond acceptors (Lipinski definition) is 5. The number of nitrogens with one attached hydrogen (secondary N) is 1. The van der Waals surface area contributed by atoms with Crippen molar-refractivity contribution >= 4 is 17.7 Å². The minimum atomic E-state index is -0.740. The maximum absolute atomic E-state index is 13.5. The number of rotatable bonds is 2. The number of hydrogen-bond donors (Lipinski definition) is 1. The molecule has 1 amide bonds. The number of piperazine rings is 1. The predicted molar refractivity (Wildman–Crippen MR) is 93.8 cm³/mol. The Hall–Kier alpha value is -2.96. The number of carbonyl (C=O) groups excluding carboxylic acids is 3. The first-order valence-electron chi connectivity index (χ1n) is 8.93. The summed E-state index contributed by atoms with van der Waals surface area (Å²) in [5, 5.41) is 2.76. The van der Waals surface area contributed by atoms with E-state index >= 15 is 0 Å². The molecule has 2 aliphatic heterocycles. The van der Waals surface area contributed by atoms with Crippen molar-refractivity contribution in [2.45, 2.75) is 25.2 Å². The van der Waals surface area contributed by atoms with Crippen LogP contribution in [-0.2, 0) is 19.1 Å². The van der Waals surface area contributed by atoms with Crippen LogP contribution < -0.4 is 5.32 Å². The molecule has 0 radical (unpaired) electrons. The number of ether oxygens (including phenoxy) is 1. The quantitative estimate of drug-likeness (QED) is 0.804. The molecule has 4 rings (SSSR count). The minimum absolute atomic E-state index is 0.0444. The number of halogens is 1. The molecule has 1 aromatic carbocycles. The van der Waals surface area contributed by atoms with Crippen LogP contribution >= 0.6 is 0 Å². The van der Waals surface area contributed by atoms with Crippen LogP contribution in [0.15, 0.2) is 46.8 Å². The molecule has 1 aliphatic carbocycles. The molecule has 1 atom stereocenters. The highest BCUT2D eigenvalue weighted by Crippen LogP contribution is 2.46. The van der Waals surface area contributed by atoms with E-state index in [0.717, 1.165) is 5.70 Å². The molecule has 140 valence electrons. The Labute approximate surface area is 155 Å². The maximum Gasteiger partial charge on any atom is 0.337 e. The van der Waals surface area contributed by atoms with Crippen LogP contribution in [0.25, 0.3) is 0 Å². The van der Waals surface area contributed by atoms with Crippen molar-refractivity contribution in [3.8, 4) is 0 Å². The van der Waals surface area contributed by atoms with Crippen LogP contribution in [0.3, 0.4) is 0 Å². The molecular weight excluding hydrogens is 351 g/mol. The van der Waals surface area contributed by atoms with Gasteiger partial charge in [-0.25, -0.2) is 9.18 Å². The molecule has 3 aliphatic rings. The Balaban J connectivity index is 2.00. The lowest BCUT2D eigenvalue weighted by molar-refractivity contribution is -0.137. The third kappa shape index (κ3) is 2.74. The number of allylic oxidation sites excluding steroid dienone is 2. The standard InChI is InChI=1S/C20H19FN2O4/c1-27-20(26)17-15(11-5-7-12(21)8-6-11)16-13(3-2-4-14(16)24)23-10-9-22-19(25)18(17)23/h5-8,15H,2-4,9-10H2,1H3,(H,22,25). The van der Waals surface area contributed by atoms with Crippen LogP contribution in [0.1, 0.15) is 30.7 Å². The third-order valence-electron chi connectivity index (χ3n) is 5.30. The molecule has 1 saturated heterocycles. The van der Waals surface area contributed by atoms with Gasteiger partial charge in [-0.2, -0.15) is 0 Å². The number of Topliss-reactive ketones (excluding diaryl/α,β-unsaturated/α-hetero) is 1. The lowest BCUT2D eigenvalue weighted by Gasteiger charge is -2.43. The Morgan fingerprint density at radius 3 is 2.67 bits per heavy atom. The summed E-state index contributed by atoms with van der Waals surface area (Å²) >= 11 is 0. The summed E-state index contributed by atoms with van der Waals surface area (Å²) in [6.45, 7) is 0.923. The third-order valence-corrected chi connectivity index (χ3v) is 5.30. The van der Waals surface area contributed by atoms with E-state index in [4.69, 9.17) is 4.74 Å².